The van der Waals surface area contributed by atoms with Crippen LogP contribution in [0.5, 0.6) is 11.5 Å². The van der Waals surface area contributed by atoms with Gasteiger partial charge in [0.2, 0.25) is 0 Å². The fraction of sp³-hybridized carbons (Fsp3) is 0.263. The highest BCUT2D eigenvalue weighted by molar-refractivity contribution is 6.09. The molecule has 3 rings (SSSR count). The molecule has 25 heavy (non-hydrogen) atoms. The molecule has 0 unspecified atom stereocenters. The normalized spacial score (nSPS) is 13.4. The van der Waals surface area contributed by atoms with Gasteiger partial charge >= 0.3 is 0 Å². The van der Waals surface area contributed by atoms with E-state index in [-0.39, 0.29) is 36.8 Å². The molecule has 1 aliphatic heterocycles. The highest BCUT2D eigenvalue weighted by Crippen LogP contribution is 2.28. The third-order valence-electron chi connectivity index (χ3n) is 3.91. The van der Waals surface area contributed by atoms with E-state index in [1.807, 2.05) is 6.92 Å². The first-order valence-electron chi connectivity index (χ1n) is 8.07. The molecule has 0 bridgehead atoms. The number of carbonyl (C=O) groups is 2. The molecular weight excluding hydrogens is 325 g/mol. The Labute approximate surface area is 145 Å². The Bertz CT molecular complexity index is 789. The minimum absolute atomic E-state index is 0.161. The molecule has 0 radical (unpaired) electrons. The first-order valence-corrected chi connectivity index (χ1v) is 8.07. The number of hydrogen-bond acceptors (Lipinski definition) is 4. The summed E-state index contributed by atoms with van der Waals surface area (Å²) in [5, 5.41) is 0. The van der Waals surface area contributed by atoms with Crippen LogP contribution in [-0.2, 0) is 4.79 Å². The summed E-state index contributed by atoms with van der Waals surface area (Å²) in [4.78, 5) is 25.9. The number of fused-ring (bicyclic) bond motifs is 1. The molecule has 0 fully saturated rings. The van der Waals surface area contributed by atoms with Gasteiger partial charge in [0.15, 0.2) is 12.4 Å². The van der Waals surface area contributed by atoms with Gasteiger partial charge in [0, 0.05) is 18.5 Å². The van der Waals surface area contributed by atoms with E-state index in [2.05, 4.69) is 0 Å². The zero-order valence-corrected chi connectivity index (χ0v) is 13.8. The number of ether oxygens (including phenoxy) is 2. The number of hydrogen-bond donors (Lipinski definition) is 0. The fourth-order valence-electron chi connectivity index (χ4n) is 2.72. The Balaban J connectivity index is 1.68. The third kappa shape index (κ3) is 3.79. The molecule has 0 spiro atoms. The summed E-state index contributed by atoms with van der Waals surface area (Å²) in [5.74, 6) is 0.336. The van der Waals surface area contributed by atoms with Crippen molar-refractivity contribution in [2.75, 3.05) is 24.7 Å². The van der Waals surface area contributed by atoms with Gasteiger partial charge in [0.05, 0.1) is 12.3 Å². The number of nitrogens with zero attached hydrogens (tertiary/aromatic N) is 1. The van der Waals surface area contributed by atoms with Crippen LogP contribution in [0.4, 0.5) is 10.1 Å². The van der Waals surface area contributed by atoms with Gasteiger partial charge < -0.3 is 14.4 Å². The Kier molecular flexibility index (Phi) is 4.97. The molecule has 1 heterocycles. The molecule has 2 aromatic carbocycles. The largest absolute Gasteiger partial charge is 0.494 e. The number of ketones is 1. The Morgan fingerprint density at radius 3 is 2.48 bits per heavy atom. The summed E-state index contributed by atoms with van der Waals surface area (Å²) in [7, 11) is 0. The molecular formula is C19H18FNO4. The zero-order valence-electron chi connectivity index (χ0n) is 13.8. The van der Waals surface area contributed by atoms with Crippen molar-refractivity contribution in [3.63, 3.8) is 0 Å². The summed E-state index contributed by atoms with van der Waals surface area (Å²) in [6.07, 6.45) is 0.172. The SMILES string of the molecule is CCOc1ccc(OCC(=O)N2CCC(=O)c3cc(F)ccc32)cc1. The van der Waals surface area contributed by atoms with Gasteiger partial charge in [-0.25, -0.2) is 4.39 Å². The molecule has 6 heteroatoms. The van der Waals surface area contributed by atoms with Crippen LogP contribution in [0.2, 0.25) is 0 Å². The summed E-state index contributed by atoms with van der Waals surface area (Å²) in [6.45, 7) is 2.57. The maximum Gasteiger partial charge on any atom is 0.264 e. The van der Waals surface area contributed by atoms with E-state index >= 15 is 0 Å². The van der Waals surface area contributed by atoms with Gasteiger partial charge in [0.25, 0.3) is 5.91 Å². The van der Waals surface area contributed by atoms with Crippen LogP contribution < -0.4 is 14.4 Å². The first-order chi connectivity index (χ1) is 12.1. The summed E-state index contributed by atoms with van der Waals surface area (Å²) < 4.78 is 24.2. The average molecular weight is 343 g/mol. The van der Waals surface area contributed by atoms with Crippen LogP contribution in [0.1, 0.15) is 23.7 Å². The zero-order chi connectivity index (χ0) is 17.8. The van der Waals surface area contributed by atoms with Gasteiger partial charge in [0.1, 0.15) is 17.3 Å². The van der Waals surface area contributed by atoms with Gasteiger partial charge in [-0.2, -0.15) is 0 Å². The maximum atomic E-state index is 13.4. The molecule has 0 aliphatic carbocycles. The van der Waals surface area contributed by atoms with E-state index in [0.717, 1.165) is 5.75 Å². The fourth-order valence-corrected chi connectivity index (χ4v) is 2.72. The van der Waals surface area contributed by atoms with Gasteiger partial charge in [-0.05, 0) is 49.4 Å². The van der Waals surface area contributed by atoms with E-state index in [9.17, 15) is 14.0 Å². The predicted octanol–water partition coefficient (Wildman–Crippen LogP) is 3.22. The molecule has 1 amide bonds. The van der Waals surface area contributed by atoms with E-state index in [1.54, 1.807) is 24.3 Å². The average Bonchev–Trinajstić information content (AvgIpc) is 2.62. The molecule has 0 aromatic heterocycles. The highest BCUT2D eigenvalue weighted by Gasteiger charge is 2.27. The number of halogens is 1. The van der Waals surface area contributed by atoms with Crippen LogP contribution in [0, 0.1) is 5.82 Å². The Morgan fingerprint density at radius 1 is 1.12 bits per heavy atom. The van der Waals surface area contributed by atoms with Crippen LogP contribution >= 0.6 is 0 Å². The van der Waals surface area contributed by atoms with E-state index in [0.29, 0.717) is 18.0 Å². The Morgan fingerprint density at radius 2 is 1.80 bits per heavy atom. The number of amides is 1. The molecule has 5 nitrogen and oxygen atoms in total. The van der Waals surface area contributed by atoms with Crippen molar-refractivity contribution in [1.29, 1.82) is 0 Å². The van der Waals surface area contributed by atoms with Crippen LogP contribution in [-0.4, -0.2) is 31.4 Å². The van der Waals surface area contributed by atoms with Crippen LogP contribution in [0.15, 0.2) is 42.5 Å². The number of Topliss-reactive ketones (excluding diaryl/α,β-unsaturated/α-hetero) is 1. The second-order valence-corrected chi connectivity index (χ2v) is 5.57. The molecule has 0 N–H and O–H groups in total. The quantitative estimate of drug-likeness (QED) is 0.836. The predicted molar refractivity (Wildman–Crippen MR) is 90.8 cm³/mol. The molecule has 1 aliphatic rings. The smallest absolute Gasteiger partial charge is 0.264 e. The van der Waals surface area contributed by atoms with E-state index < -0.39 is 5.82 Å². The molecule has 0 saturated heterocycles. The second kappa shape index (κ2) is 7.34. The highest BCUT2D eigenvalue weighted by atomic mass is 19.1. The lowest BCUT2D eigenvalue weighted by Crippen LogP contribution is -2.40. The summed E-state index contributed by atoms with van der Waals surface area (Å²) >= 11 is 0. The van der Waals surface area contributed by atoms with E-state index in [4.69, 9.17) is 9.47 Å². The second-order valence-electron chi connectivity index (χ2n) is 5.57. The van der Waals surface area contributed by atoms with E-state index in [1.165, 1.54) is 23.1 Å². The van der Waals surface area contributed by atoms with Crippen molar-refractivity contribution in [1.82, 2.24) is 0 Å². The first kappa shape index (κ1) is 17.0. The molecule has 2 aromatic rings. The lowest BCUT2D eigenvalue weighted by Gasteiger charge is -2.28. The van der Waals surface area contributed by atoms with Gasteiger partial charge in [-0.3, -0.25) is 9.59 Å². The number of rotatable bonds is 5. The van der Waals surface area contributed by atoms with Crippen molar-refractivity contribution in [3.05, 3.63) is 53.8 Å². The summed E-state index contributed by atoms with van der Waals surface area (Å²) in [6, 6.07) is 10.8. The van der Waals surface area contributed by atoms with Crippen molar-refractivity contribution in [3.8, 4) is 11.5 Å². The van der Waals surface area contributed by atoms with Crippen molar-refractivity contribution >= 4 is 17.4 Å². The number of anilines is 1. The monoisotopic (exact) mass is 343 g/mol. The Hall–Kier alpha value is -2.89. The molecule has 130 valence electrons. The molecule has 0 saturated carbocycles. The van der Waals surface area contributed by atoms with Crippen molar-refractivity contribution in [2.24, 2.45) is 0 Å². The standard InChI is InChI=1S/C19H18FNO4/c1-2-24-14-4-6-15(7-5-14)25-12-19(23)21-10-9-18(22)16-11-13(20)3-8-17(16)21/h3-8,11H,2,9-10,12H2,1H3. The summed E-state index contributed by atoms with van der Waals surface area (Å²) in [5.41, 5.74) is 0.665. The lowest BCUT2D eigenvalue weighted by molar-refractivity contribution is -0.120. The van der Waals surface area contributed by atoms with Crippen molar-refractivity contribution in [2.45, 2.75) is 13.3 Å². The topological polar surface area (TPSA) is 55.8 Å². The van der Waals surface area contributed by atoms with Crippen LogP contribution in [0.25, 0.3) is 0 Å². The van der Waals surface area contributed by atoms with Crippen LogP contribution in [0.3, 0.4) is 0 Å². The molecule has 0 atom stereocenters. The minimum atomic E-state index is -0.493. The van der Waals surface area contributed by atoms with Gasteiger partial charge in [-0.1, -0.05) is 0 Å². The maximum absolute atomic E-state index is 13.4. The number of benzene rings is 2. The third-order valence-corrected chi connectivity index (χ3v) is 3.91. The van der Waals surface area contributed by atoms with Gasteiger partial charge in [-0.15, -0.1) is 0 Å². The number of carbonyl (C=O) groups excluding carboxylic acids is 2. The lowest BCUT2D eigenvalue weighted by atomic mass is 10.00. The van der Waals surface area contributed by atoms with Crippen molar-refractivity contribution < 1.29 is 23.5 Å². The minimum Gasteiger partial charge on any atom is -0.494 e.